The summed E-state index contributed by atoms with van der Waals surface area (Å²) in [6, 6.07) is 7.74. The van der Waals surface area contributed by atoms with Crippen LogP contribution < -0.4 is 4.90 Å². The lowest BCUT2D eigenvalue weighted by molar-refractivity contribution is -0.153. The lowest BCUT2D eigenvalue weighted by Gasteiger charge is -2.37. The highest BCUT2D eigenvalue weighted by Gasteiger charge is 2.44. The number of amides is 2. The molecule has 31 heavy (non-hydrogen) atoms. The SMILES string of the molecule is [2H]C([2H])(N1CCN(c2nsc3ccccc23)CC1)C([2H])([2H])C([2H])([2H])C([2H])([2H])N1C(=O)CC2(CCCC2)CC1=O. The molecule has 166 valence electrons. The Morgan fingerprint density at radius 1 is 0.968 bits per heavy atom. The van der Waals surface area contributed by atoms with Gasteiger partial charge in [0.25, 0.3) is 0 Å². The van der Waals surface area contributed by atoms with Gasteiger partial charge in [-0.2, -0.15) is 4.37 Å². The minimum Gasteiger partial charge on any atom is -0.353 e. The molecule has 7 heteroatoms. The van der Waals surface area contributed by atoms with Crippen molar-refractivity contribution in [1.82, 2.24) is 14.2 Å². The van der Waals surface area contributed by atoms with E-state index in [0.717, 1.165) is 28.7 Å². The van der Waals surface area contributed by atoms with Gasteiger partial charge in [-0.15, -0.1) is 0 Å². The Morgan fingerprint density at radius 2 is 1.65 bits per heavy atom. The van der Waals surface area contributed by atoms with Crippen LogP contribution in [0.5, 0.6) is 0 Å². The molecule has 0 N–H and O–H groups in total. The highest BCUT2D eigenvalue weighted by Crippen LogP contribution is 2.46. The number of imide groups is 1. The largest absolute Gasteiger partial charge is 0.353 e. The highest BCUT2D eigenvalue weighted by atomic mass is 32.1. The summed E-state index contributed by atoms with van der Waals surface area (Å²) in [5, 5.41) is 0.967. The second-order valence-electron chi connectivity index (χ2n) is 8.63. The number of hydrogen-bond donors (Lipinski definition) is 0. The molecular weight excluding hydrogens is 408 g/mol. The molecule has 0 unspecified atom stereocenters. The van der Waals surface area contributed by atoms with Gasteiger partial charge in [0.1, 0.15) is 5.82 Å². The van der Waals surface area contributed by atoms with Gasteiger partial charge in [0, 0.05) is 61.9 Å². The van der Waals surface area contributed by atoms with Crippen molar-refractivity contribution >= 4 is 39.3 Å². The Kier molecular flexibility index (Phi) is 3.87. The van der Waals surface area contributed by atoms with Crippen LogP contribution in [0.1, 0.15) is 62.2 Å². The van der Waals surface area contributed by atoms with E-state index in [-0.39, 0.29) is 30.8 Å². The van der Waals surface area contributed by atoms with Crippen LogP contribution in [-0.4, -0.2) is 65.2 Å². The fourth-order valence-electron chi connectivity index (χ4n) is 4.93. The smallest absolute Gasteiger partial charge is 0.229 e. The predicted molar refractivity (Wildman–Crippen MR) is 124 cm³/mol. The molecule has 2 saturated heterocycles. The number of piperidine rings is 1. The van der Waals surface area contributed by atoms with Crippen LogP contribution in [0.4, 0.5) is 5.82 Å². The van der Waals surface area contributed by atoms with E-state index in [9.17, 15) is 9.59 Å². The summed E-state index contributed by atoms with van der Waals surface area (Å²) in [4.78, 5) is 29.4. The molecule has 0 bridgehead atoms. The van der Waals surface area contributed by atoms with Gasteiger partial charge < -0.3 is 4.90 Å². The van der Waals surface area contributed by atoms with Crippen molar-refractivity contribution in [2.75, 3.05) is 44.1 Å². The van der Waals surface area contributed by atoms with Gasteiger partial charge in [0.05, 0.1) is 4.70 Å². The zero-order valence-electron chi connectivity index (χ0n) is 25.4. The maximum atomic E-state index is 13.0. The molecule has 3 fully saturated rings. The standard InChI is InChI=1S/C24H32N4O2S/c29-21-17-24(9-3-4-10-24)18-22(30)28(21)12-6-5-11-26-13-15-27(16-14-26)23-19-7-1-2-8-20(19)31-25-23/h1-2,7-8H,3-6,9-18H2/i5D2,6D2,11D2,12D2. The van der Waals surface area contributed by atoms with E-state index in [2.05, 4.69) is 4.37 Å². The average Bonchev–Trinajstić information content (AvgIpc) is 3.50. The van der Waals surface area contributed by atoms with Crippen molar-refractivity contribution in [3.05, 3.63) is 24.3 Å². The van der Waals surface area contributed by atoms with E-state index in [0.29, 0.717) is 25.9 Å². The molecule has 1 spiro atoms. The maximum absolute atomic E-state index is 13.0. The summed E-state index contributed by atoms with van der Waals surface area (Å²) in [7, 11) is 0. The lowest BCUT2D eigenvalue weighted by atomic mass is 9.76. The van der Waals surface area contributed by atoms with Crippen LogP contribution >= 0.6 is 11.5 Å². The second-order valence-corrected chi connectivity index (χ2v) is 9.44. The first kappa shape index (κ1) is 13.5. The van der Waals surface area contributed by atoms with Crippen LogP contribution in [0.2, 0.25) is 0 Å². The fourth-order valence-corrected chi connectivity index (χ4v) is 5.72. The van der Waals surface area contributed by atoms with E-state index < -0.39 is 43.0 Å². The first-order chi connectivity index (χ1) is 18.1. The number of nitrogens with zero attached hydrogens (tertiary/aromatic N) is 4. The third-order valence-corrected chi connectivity index (χ3v) is 7.41. The molecule has 3 heterocycles. The Balaban J connectivity index is 1.34. The summed E-state index contributed by atoms with van der Waals surface area (Å²) in [5.74, 6) is -0.988. The maximum Gasteiger partial charge on any atom is 0.229 e. The van der Waals surface area contributed by atoms with Crippen LogP contribution in [-0.2, 0) is 9.59 Å². The summed E-state index contributed by atoms with van der Waals surface area (Å²) < 4.78 is 74.2. The van der Waals surface area contributed by atoms with Gasteiger partial charge in [0.2, 0.25) is 11.8 Å². The van der Waals surface area contributed by atoms with Gasteiger partial charge in [-0.3, -0.25) is 19.4 Å². The topological polar surface area (TPSA) is 56.8 Å². The molecule has 1 aromatic heterocycles. The van der Waals surface area contributed by atoms with Crippen molar-refractivity contribution in [3.8, 4) is 0 Å². The molecule has 5 rings (SSSR count). The number of carbonyl (C=O) groups excluding carboxylic acids is 2. The van der Waals surface area contributed by atoms with Crippen LogP contribution in [0.25, 0.3) is 10.1 Å². The summed E-state index contributed by atoms with van der Waals surface area (Å²) in [5.41, 5.74) is -0.538. The van der Waals surface area contributed by atoms with Gasteiger partial charge in [0.15, 0.2) is 0 Å². The molecular formula is C24H32N4O2S. The third kappa shape index (κ3) is 4.35. The number of likely N-dealkylation sites (tertiary alicyclic amines) is 1. The molecule has 1 aromatic carbocycles. The van der Waals surface area contributed by atoms with E-state index in [4.69, 9.17) is 11.0 Å². The van der Waals surface area contributed by atoms with Crippen molar-refractivity contribution in [3.63, 3.8) is 0 Å². The Morgan fingerprint density at radius 3 is 2.39 bits per heavy atom. The van der Waals surface area contributed by atoms with Crippen LogP contribution in [0.3, 0.4) is 0 Å². The Labute approximate surface area is 199 Å². The normalized spacial score (nSPS) is 27.9. The number of aromatic nitrogens is 1. The molecule has 3 aliphatic rings. The first-order valence-electron chi connectivity index (χ1n) is 14.9. The van der Waals surface area contributed by atoms with Gasteiger partial charge in [-0.05, 0) is 61.2 Å². The minimum absolute atomic E-state index is 0.0432. The van der Waals surface area contributed by atoms with Gasteiger partial charge in [-0.25, -0.2) is 0 Å². The van der Waals surface area contributed by atoms with E-state index >= 15 is 0 Å². The molecule has 2 aliphatic heterocycles. The predicted octanol–water partition coefficient (Wildman–Crippen LogP) is 3.91. The molecule has 1 aliphatic carbocycles. The van der Waals surface area contributed by atoms with Gasteiger partial charge >= 0.3 is 0 Å². The van der Waals surface area contributed by atoms with Crippen LogP contribution in [0.15, 0.2) is 24.3 Å². The fraction of sp³-hybridized carbons (Fsp3) is 0.625. The number of piperazine rings is 1. The third-order valence-electron chi connectivity index (χ3n) is 6.60. The zero-order valence-corrected chi connectivity index (χ0v) is 18.2. The van der Waals surface area contributed by atoms with Crippen molar-refractivity contribution in [2.45, 2.75) is 51.3 Å². The molecule has 2 amide bonds. The zero-order chi connectivity index (χ0) is 28.4. The summed E-state index contributed by atoms with van der Waals surface area (Å²) >= 11 is 1.35. The number of carbonyl (C=O) groups is 2. The molecule has 0 atom stereocenters. The number of rotatable bonds is 6. The van der Waals surface area contributed by atoms with Gasteiger partial charge in [-0.1, -0.05) is 25.0 Å². The minimum atomic E-state index is -3.56. The first-order valence-corrected chi connectivity index (χ1v) is 11.6. The lowest BCUT2D eigenvalue weighted by Crippen LogP contribution is -2.48. The van der Waals surface area contributed by atoms with Crippen LogP contribution in [0, 0.1) is 5.41 Å². The van der Waals surface area contributed by atoms with Crippen molar-refractivity contribution < 1.29 is 20.6 Å². The summed E-state index contributed by atoms with van der Waals surface area (Å²) in [6.45, 7) is -5.65. The number of hydrogen-bond acceptors (Lipinski definition) is 6. The Hall–Kier alpha value is -1.99. The quantitative estimate of drug-likeness (QED) is 0.627. The average molecular weight is 449 g/mol. The summed E-state index contributed by atoms with van der Waals surface area (Å²) in [6.07, 6.45) is -4.12. The Bertz CT molecular complexity index is 1250. The molecule has 0 radical (unpaired) electrons. The second kappa shape index (κ2) is 8.87. The molecule has 6 nitrogen and oxygen atoms in total. The van der Waals surface area contributed by atoms with E-state index in [1.807, 2.05) is 29.2 Å². The molecule has 2 aromatic rings. The van der Waals surface area contributed by atoms with Crippen molar-refractivity contribution in [1.29, 1.82) is 0 Å². The number of benzene rings is 1. The molecule has 1 saturated carbocycles. The monoisotopic (exact) mass is 448 g/mol. The van der Waals surface area contributed by atoms with Crippen molar-refractivity contribution in [2.24, 2.45) is 5.41 Å². The number of fused-ring (bicyclic) bond motifs is 1. The number of anilines is 1. The highest BCUT2D eigenvalue weighted by molar-refractivity contribution is 7.13. The van der Waals surface area contributed by atoms with E-state index in [1.165, 1.54) is 16.4 Å². The van der Waals surface area contributed by atoms with E-state index in [1.54, 1.807) is 0 Å².